The van der Waals surface area contributed by atoms with Crippen molar-refractivity contribution in [1.82, 2.24) is 20.2 Å². The van der Waals surface area contributed by atoms with Crippen molar-refractivity contribution in [1.29, 1.82) is 0 Å². The van der Waals surface area contributed by atoms with Crippen LogP contribution in [0, 0.1) is 10.1 Å². The third-order valence-electron chi connectivity index (χ3n) is 3.72. The van der Waals surface area contributed by atoms with E-state index in [9.17, 15) is 23.3 Å². The first-order valence-electron chi connectivity index (χ1n) is 8.00. The van der Waals surface area contributed by atoms with Crippen LogP contribution in [-0.4, -0.2) is 52.3 Å². The van der Waals surface area contributed by atoms with Gasteiger partial charge in [-0.2, -0.15) is 4.68 Å². The quantitative estimate of drug-likeness (QED) is 0.436. The number of anilines is 1. The van der Waals surface area contributed by atoms with Gasteiger partial charge < -0.3 is 10.1 Å². The smallest absolute Gasteiger partial charge is 0.272 e. The van der Waals surface area contributed by atoms with E-state index in [1.807, 2.05) is 0 Å². The van der Waals surface area contributed by atoms with Gasteiger partial charge in [0.1, 0.15) is 11.5 Å². The number of nitro benzene ring substituents is 1. The van der Waals surface area contributed by atoms with Crippen LogP contribution in [0.2, 0.25) is 0 Å². The van der Waals surface area contributed by atoms with Crippen LogP contribution in [0.25, 0.3) is 5.69 Å². The summed E-state index contributed by atoms with van der Waals surface area (Å²) in [6.07, 6.45) is 0. The van der Waals surface area contributed by atoms with Gasteiger partial charge in [-0.15, -0.1) is 0 Å². The average Bonchev–Trinajstić information content (AvgIpc) is 3.19. The van der Waals surface area contributed by atoms with E-state index < -0.39 is 31.6 Å². The van der Waals surface area contributed by atoms with Crippen LogP contribution in [0.4, 0.5) is 11.4 Å². The van der Waals surface area contributed by atoms with Crippen LogP contribution in [0.3, 0.4) is 0 Å². The first-order chi connectivity index (χ1) is 13.8. The SMILES string of the molecule is COc1ccc(-n2nnnc2S(=O)(=O)CC(=O)Nc2ccc([N+](=O)[O-])cc2)cc1. The molecule has 0 bridgehead atoms. The predicted octanol–water partition coefficient (Wildman–Crippen LogP) is 0.991. The number of hydrogen-bond acceptors (Lipinski definition) is 9. The van der Waals surface area contributed by atoms with Crippen molar-refractivity contribution >= 4 is 27.1 Å². The molecule has 0 radical (unpaired) electrons. The molecule has 150 valence electrons. The second-order valence-corrected chi connectivity index (χ2v) is 7.57. The minimum Gasteiger partial charge on any atom is -0.497 e. The van der Waals surface area contributed by atoms with Gasteiger partial charge in [-0.1, -0.05) is 5.10 Å². The van der Waals surface area contributed by atoms with E-state index in [0.717, 1.165) is 4.68 Å². The van der Waals surface area contributed by atoms with Crippen LogP contribution >= 0.6 is 0 Å². The number of carbonyl (C=O) groups excluding carboxylic acids is 1. The molecule has 0 spiro atoms. The molecule has 0 aliphatic carbocycles. The fraction of sp³-hybridized carbons (Fsp3) is 0.125. The Hall–Kier alpha value is -3.87. The molecule has 13 heteroatoms. The zero-order valence-electron chi connectivity index (χ0n) is 14.9. The minimum absolute atomic E-state index is 0.158. The van der Waals surface area contributed by atoms with Gasteiger partial charge in [0.2, 0.25) is 15.7 Å². The van der Waals surface area contributed by atoms with E-state index in [-0.39, 0.29) is 11.4 Å². The Bertz CT molecular complexity index is 1140. The molecule has 0 atom stereocenters. The molecule has 12 nitrogen and oxygen atoms in total. The maximum atomic E-state index is 12.6. The summed E-state index contributed by atoms with van der Waals surface area (Å²) in [6, 6.07) is 11.3. The molecule has 3 aromatic rings. The first-order valence-corrected chi connectivity index (χ1v) is 9.65. The highest BCUT2D eigenvalue weighted by atomic mass is 32.2. The van der Waals surface area contributed by atoms with Crippen LogP contribution in [-0.2, 0) is 14.6 Å². The molecular weight excluding hydrogens is 404 g/mol. The highest BCUT2D eigenvalue weighted by Gasteiger charge is 2.27. The maximum Gasteiger partial charge on any atom is 0.272 e. The molecule has 2 aromatic carbocycles. The maximum absolute atomic E-state index is 12.6. The van der Waals surface area contributed by atoms with Gasteiger partial charge in [-0.25, -0.2) is 8.42 Å². The number of ether oxygens (including phenoxy) is 1. The van der Waals surface area contributed by atoms with Gasteiger partial charge in [0.15, 0.2) is 0 Å². The largest absolute Gasteiger partial charge is 0.497 e. The molecule has 0 fully saturated rings. The summed E-state index contributed by atoms with van der Waals surface area (Å²) in [5, 5.41) is 23.1. The van der Waals surface area contributed by atoms with Gasteiger partial charge >= 0.3 is 0 Å². The lowest BCUT2D eigenvalue weighted by Crippen LogP contribution is -2.25. The van der Waals surface area contributed by atoms with Gasteiger partial charge in [0.25, 0.3) is 10.8 Å². The molecule has 0 aliphatic rings. The number of carbonyl (C=O) groups is 1. The number of amides is 1. The number of aromatic nitrogens is 4. The molecule has 0 saturated carbocycles. The zero-order valence-corrected chi connectivity index (χ0v) is 15.7. The lowest BCUT2D eigenvalue weighted by molar-refractivity contribution is -0.384. The van der Waals surface area contributed by atoms with Gasteiger partial charge in [-0.3, -0.25) is 14.9 Å². The van der Waals surface area contributed by atoms with Crippen molar-refractivity contribution in [2.75, 3.05) is 18.2 Å². The summed E-state index contributed by atoms with van der Waals surface area (Å²) in [5.41, 5.74) is 0.421. The highest BCUT2D eigenvalue weighted by molar-refractivity contribution is 7.92. The topological polar surface area (TPSA) is 159 Å². The Morgan fingerprint density at radius 3 is 2.41 bits per heavy atom. The van der Waals surface area contributed by atoms with Crippen LogP contribution in [0.15, 0.2) is 53.7 Å². The summed E-state index contributed by atoms with van der Waals surface area (Å²) < 4.78 is 31.3. The third kappa shape index (κ3) is 4.52. The molecule has 1 heterocycles. The van der Waals surface area contributed by atoms with Crippen molar-refractivity contribution in [3.63, 3.8) is 0 Å². The van der Waals surface area contributed by atoms with Gasteiger partial charge in [-0.05, 0) is 46.8 Å². The van der Waals surface area contributed by atoms with Crippen LogP contribution < -0.4 is 10.1 Å². The first kappa shape index (κ1) is 19.9. The lowest BCUT2D eigenvalue weighted by atomic mass is 10.3. The molecule has 3 rings (SSSR count). The molecule has 0 saturated heterocycles. The zero-order chi connectivity index (χ0) is 21.0. The van der Waals surface area contributed by atoms with Crippen molar-refractivity contribution in [3.05, 3.63) is 58.6 Å². The van der Waals surface area contributed by atoms with E-state index in [0.29, 0.717) is 11.4 Å². The molecular formula is C16H14N6O6S. The van der Waals surface area contributed by atoms with E-state index in [2.05, 4.69) is 20.8 Å². The molecule has 0 unspecified atom stereocenters. The minimum atomic E-state index is -4.18. The summed E-state index contributed by atoms with van der Waals surface area (Å²) in [5.74, 6) is -1.20. The molecule has 1 amide bonds. The Balaban J connectivity index is 1.76. The number of nitro groups is 1. The number of hydrogen-bond donors (Lipinski definition) is 1. The summed E-state index contributed by atoms with van der Waals surface area (Å²) in [7, 11) is -2.69. The van der Waals surface area contributed by atoms with Crippen molar-refractivity contribution in [3.8, 4) is 11.4 Å². The third-order valence-corrected chi connectivity index (χ3v) is 5.17. The molecule has 29 heavy (non-hydrogen) atoms. The number of benzene rings is 2. The van der Waals surface area contributed by atoms with Crippen LogP contribution in [0.1, 0.15) is 0 Å². The second kappa shape index (κ2) is 8.02. The predicted molar refractivity (Wildman–Crippen MR) is 99.5 cm³/mol. The fourth-order valence-electron chi connectivity index (χ4n) is 2.36. The van der Waals surface area contributed by atoms with E-state index in [4.69, 9.17) is 4.74 Å². The molecule has 0 aliphatic heterocycles. The number of non-ortho nitro benzene ring substituents is 1. The summed E-state index contributed by atoms with van der Waals surface area (Å²) in [4.78, 5) is 22.2. The highest BCUT2D eigenvalue weighted by Crippen LogP contribution is 2.18. The Morgan fingerprint density at radius 2 is 1.83 bits per heavy atom. The Kier molecular flexibility index (Phi) is 5.50. The summed E-state index contributed by atoms with van der Waals surface area (Å²) in [6.45, 7) is 0. The van der Waals surface area contributed by atoms with Crippen molar-refractivity contribution in [2.24, 2.45) is 0 Å². The summed E-state index contributed by atoms with van der Waals surface area (Å²) >= 11 is 0. The number of nitrogens with zero attached hydrogens (tertiary/aromatic N) is 5. The fourth-order valence-corrected chi connectivity index (χ4v) is 3.47. The van der Waals surface area contributed by atoms with Crippen molar-refractivity contribution in [2.45, 2.75) is 5.16 Å². The number of tetrazole rings is 1. The number of methoxy groups -OCH3 is 1. The van der Waals surface area contributed by atoms with Gasteiger partial charge in [0, 0.05) is 17.8 Å². The average molecular weight is 418 g/mol. The standard InChI is InChI=1S/C16H14N6O6S/c1-28-14-8-6-12(7-9-14)21-16(18-19-20-21)29(26,27)10-15(23)17-11-2-4-13(5-3-11)22(24)25/h2-9H,10H2,1H3,(H,17,23). The van der Waals surface area contributed by atoms with E-state index in [1.54, 1.807) is 24.3 Å². The lowest BCUT2D eigenvalue weighted by Gasteiger charge is -2.07. The Morgan fingerprint density at radius 1 is 1.17 bits per heavy atom. The number of nitrogens with one attached hydrogen (secondary N) is 1. The van der Waals surface area contributed by atoms with E-state index >= 15 is 0 Å². The van der Waals surface area contributed by atoms with Crippen molar-refractivity contribution < 1.29 is 22.9 Å². The number of rotatable bonds is 7. The van der Waals surface area contributed by atoms with Crippen LogP contribution in [0.5, 0.6) is 5.75 Å². The van der Waals surface area contributed by atoms with E-state index in [1.165, 1.54) is 31.4 Å². The van der Waals surface area contributed by atoms with Gasteiger partial charge in [0.05, 0.1) is 17.7 Å². The molecule has 1 aromatic heterocycles. The second-order valence-electron chi connectivity index (χ2n) is 5.68. The molecule has 1 N–H and O–H groups in total. The Labute approximate surface area is 164 Å². The normalized spacial score (nSPS) is 11.1. The monoisotopic (exact) mass is 418 g/mol. The number of sulfone groups is 1.